The standard InChI is InChI=1S/C21H18ClN3O3S/c1-12-5-3-6-14(13-8-9-13)18(12)28-19-16(11-17(22)24-25-19)27-21(26)15-7-4-10-23-20(15)29-2/h3-7,10-11,13H,8-9H2,1-2H3. The molecule has 2 heterocycles. The van der Waals surface area contributed by atoms with Crippen LogP contribution in [0.2, 0.25) is 5.15 Å². The first-order valence-electron chi connectivity index (χ1n) is 9.08. The zero-order valence-electron chi connectivity index (χ0n) is 15.9. The number of hydrogen-bond donors (Lipinski definition) is 0. The molecule has 0 amide bonds. The second kappa shape index (κ2) is 8.39. The van der Waals surface area contributed by atoms with Crippen LogP contribution < -0.4 is 9.47 Å². The molecule has 2 aromatic heterocycles. The lowest BCUT2D eigenvalue weighted by Crippen LogP contribution is -2.12. The summed E-state index contributed by atoms with van der Waals surface area (Å²) in [6, 6.07) is 10.8. The summed E-state index contributed by atoms with van der Waals surface area (Å²) in [4.78, 5) is 16.9. The van der Waals surface area contributed by atoms with Gasteiger partial charge in [0.1, 0.15) is 10.8 Å². The van der Waals surface area contributed by atoms with Crippen molar-refractivity contribution in [3.8, 4) is 17.4 Å². The average Bonchev–Trinajstić information content (AvgIpc) is 3.56. The number of esters is 1. The Hall–Kier alpha value is -2.64. The van der Waals surface area contributed by atoms with E-state index in [9.17, 15) is 4.79 Å². The lowest BCUT2D eigenvalue weighted by atomic mass is 10.1. The predicted octanol–water partition coefficient (Wildman–Crippen LogP) is 5.44. The van der Waals surface area contributed by atoms with Crippen molar-refractivity contribution in [2.45, 2.75) is 30.7 Å². The molecule has 29 heavy (non-hydrogen) atoms. The minimum atomic E-state index is -0.566. The number of carbonyl (C=O) groups is 1. The number of pyridine rings is 1. The Kier molecular flexibility index (Phi) is 5.69. The van der Waals surface area contributed by atoms with Crippen LogP contribution in [0, 0.1) is 6.92 Å². The number of ether oxygens (including phenoxy) is 2. The fraction of sp³-hybridized carbons (Fsp3) is 0.238. The summed E-state index contributed by atoms with van der Waals surface area (Å²) in [5.41, 5.74) is 2.45. The van der Waals surface area contributed by atoms with Crippen LogP contribution in [-0.2, 0) is 0 Å². The molecule has 1 aromatic carbocycles. The fourth-order valence-corrected chi connectivity index (χ4v) is 3.65. The molecule has 1 aliphatic carbocycles. The van der Waals surface area contributed by atoms with Crippen LogP contribution in [0.25, 0.3) is 0 Å². The number of nitrogens with zero attached hydrogens (tertiary/aromatic N) is 3. The Balaban J connectivity index is 1.66. The van der Waals surface area contributed by atoms with Gasteiger partial charge in [0, 0.05) is 12.3 Å². The second-order valence-corrected chi connectivity index (χ2v) is 7.84. The number of para-hydroxylation sites is 1. The topological polar surface area (TPSA) is 74.2 Å². The number of aryl methyl sites for hydroxylation is 1. The highest BCUT2D eigenvalue weighted by molar-refractivity contribution is 7.98. The molecule has 1 saturated carbocycles. The molecule has 0 unspecified atom stereocenters. The molecule has 148 valence electrons. The van der Waals surface area contributed by atoms with E-state index in [0.29, 0.717) is 16.5 Å². The van der Waals surface area contributed by atoms with Gasteiger partial charge in [-0.1, -0.05) is 29.8 Å². The van der Waals surface area contributed by atoms with Gasteiger partial charge in [0.25, 0.3) is 5.88 Å². The molecule has 6 nitrogen and oxygen atoms in total. The van der Waals surface area contributed by atoms with Gasteiger partial charge in [-0.3, -0.25) is 0 Å². The summed E-state index contributed by atoms with van der Waals surface area (Å²) in [5.74, 6) is 0.832. The lowest BCUT2D eigenvalue weighted by molar-refractivity contribution is 0.0724. The summed E-state index contributed by atoms with van der Waals surface area (Å²) in [7, 11) is 0. The van der Waals surface area contributed by atoms with Crippen molar-refractivity contribution in [1.82, 2.24) is 15.2 Å². The minimum absolute atomic E-state index is 0.0912. The van der Waals surface area contributed by atoms with Crippen molar-refractivity contribution >= 4 is 29.3 Å². The molecular weight excluding hydrogens is 410 g/mol. The SMILES string of the molecule is CSc1ncccc1C(=O)Oc1cc(Cl)nnc1Oc1c(C)cccc1C1CC1. The number of rotatable bonds is 6. The van der Waals surface area contributed by atoms with Gasteiger partial charge >= 0.3 is 5.97 Å². The smallest absolute Gasteiger partial charge is 0.346 e. The third-order valence-electron chi connectivity index (χ3n) is 4.54. The minimum Gasteiger partial charge on any atom is -0.434 e. The number of halogens is 1. The molecule has 0 radical (unpaired) electrons. The number of carbonyl (C=O) groups excluding carboxylic acids is 1. The Morgan fingerprint density at radius 2 is 2.03 bits per heavy atom. The second-order valence-electron chi connectivity index (χ2n) is 6.66. The van der Waals surface area contributed by atoms with Gasteiger partial charge in [-0.15, -0.1) is 22.0 Å². The molecule has 0 aliphatic heterocycles. The molecular formula is C21H18ClN3O3S. The van der Waals surface area contributed by atoms with Crippen molar-refractivity contribution in [2.24, 2.45) is 0 Å². The van der Waals surface area contributed by atoms with E-state index in [0.717, 1.165) is 29.7 Å². The Morgan fingerprint density at radius 3 is 2.79 bits per heavy atom. The number of aromatic nitrogens is 3. The molecule has 0 N–H and O–H groups in total. The predicted molar refractivity (Wildman–Crippen MR) is 111 cm³/mol. The molecule has 0 spiro atoms. The van der Waals surface area contributed by atoms with Crippen LogP contribution in [-0.4, -0.2) is 27.4 Å². The normalized spacial score (nSPS) is 13.2. The quantitative estimate of drug-likeness (QED) is 0.382. The van der Waals surface area contributed by atoms with Gasteiger partial charge in [-0.05, 0) is 55.2 Å². The monoisotopic (exact) mass is 427 g/mol. The van der Waals surface area contributed by atoms with E-state index in [1.54, 1.807) is 18.3 Å². The first-order chi connectivity index (χ1) is 14.1. The van der Waals surface area contributed by atoms with Crippen molar-refractivity contribution in [2.75, 3.05) is 6.26 Å². The first-order valence-corrected chi connectivity index (χ1v) is 10.7. The molecule has 0 bridgehead atoms. The van der Waals surface area contributed by atoms with E-state index < -0.39 is 5.97 Å². The molecule has 4 rings (SSSR count). The summed E-state index contributed by atoms with van der Waals surface area (Å²) in [6.45, 7) is 1.97. The molecule has 8 heteroatoms. The van der Waals surface area contributed by atoms with Crippen molar-refractivity contribution in [3.05, 3.63) is 64.4 Å². The number of thioether (sulfide) groups is 1. The first kappa shape index (κ1) is 19.7. The van der Waals surface area contributed by atoms with Crippen LogP contribution in [0.5, 0.6) is 17.4 Å². The van der Waals surface area contributed by atoms with Gasteiger partial charge < -0.3 is 9.47 Å². The van der Waals surface area contributed by atoms with Crippen LogP contribution in [0.15, 0.2) is 47.6 Å². The summed E-state index contributed by atoms with van der Waals surface area (Å²) in [6.07, 6.45) is 5.73. The van der Waals surface area contributed by atoms with E-state index in [4.69, 9.17) is 21.1 Å². The summed E-state index contributed by atoms with van der Waals surface area (Å²) in [5, 5.41) is 8.55. The van der Waals surface area contributed by atoms with Gasteiger partial charge in [0.15, 0.2) is 10.9 Å². The highest BCUT2D eigenvalue weighted by Crippen LogP contribution is 2.46. The molecule has 3 aromatic rings. The Bertz CT molecular complexity index is 1070. The number of hydrogen-bond acceptors (Lipinski definition) is 7. The van der Waals surface area contributed by atoms with Crippen molar-refractivity contribution in [3.63, 3.8) is 0 Å². The van der Waals surface area contributed by atoms with Crippen molar-refractivity contribution < 1.29 is 14.3 Å². The Labute approximate surface area is 177 Å². The van der Waals surface area contributed by atoms with Crippen LogP contribution in [0.1, 0.15) is 40.2 Å². The third kappa shape index (κ3) is 4.36. The lowest BCUT2D eigenvalue weighted by Gasteiger charge is -2.15. The van der Waals surface area contributed by atoms with Gasteiger partial charge in [-0.25, -0.2) is 9.78 Å². The maximum Gasteiger partial charge on any atom is 0.346 e. The Morgan fingerprint density at radius 1 is 1.21 bits per heavy atom. The maximum atomic E-state index is 12.7. The molecule has 1 fully saturated rings. The van der Waals surface area contributed by atoms with Crippen LogP contribution in [0.3, 0.4) is 0 Å². The largest absolute Gasteiger partial charge is 0.434 e. The molecule has 0 saturated heterocycles. The van der Waals surface area contributed by atoms with E-state index in [2.05, 4.69) is 21.2 Å². The zero-order chi connectivity index (χ0) is 20.4. The van der Waals surface area contributed by atoms with Gasteiger partial charge in [0.2, 0.25) is 0 Å². The highest BCUT2D eigenvalue weighted by Gasteiger charge is 2.28. The number of benzene rings is 1. The summed E-state index contributed by atoms with van der Waals surface area (Å²) < 4.78 is 11.7. The summed E-state index contributed by atoms with van der Waals surface area (Å²) >= 11 is 7.36. The van der Waals surface area contributed by atoms with E-state index in [1.807, 2.05) is 25.3 Å². The van der Waals surface area contributed by atoms with Crippen LogP contribution in [0.4, 0.5) is 0 Å². The van der Waals surface area contributed by atoms with Crippen molar-refractivity contribution in [1.29, 1.82) is 0 Å². The van der Waals surface area contributed by atoms with Gasteiger partial charge in [-0.2, -0.15) is 0 Å². The molecule has 1 aliphatic rings. The highest BCUT2D eigenvalue weighted by atomic mass is 35.5. The molecule has 0 atom stereocenters. The fourth-order valence-electron chi connectivity index (χ4n) is 2.98. The third-order valence-corrected chi connectivity index (χ3v) is 5.44. The van der Waals surface area contributed by atoms with E-state index >= 15 is 0 Å². The van der Waals surface area contributed by atoms with E-state index in [1.165, 1.54) is 17.8 Å². The average molecular weight is 428 g/mol. The van der Waals surface area contributed by atoms with E-state index in [-0.39, 0.29) is 16.8 Å². The maximum absolute atomic E-state index is 12.7. The van der Waals surface area contributed by atoms with Crippen LogP contribution >= 0.6 is 23.4 Å². The van der Waals surface area contributed by atoms with Gasteiger partial charge in [0.05, 0.1) is 5.56 Å². The zero-order valence-corrected chi connectivity index (χ0v) is 17.5.